The lowest BCUT2D eigenvalue weighted by atomic mass is 9.61. The van der Waals surface area contributed by atoms with Crippen LogP contribution >= 0.6 is 0 Å². The molecule has 3 aliphatic rings. The molecule has 9 aromatic rings. The summed E-state index contributed by atoms with van der Waals surface area (Å²) < 4.78 is 6.71. The van der Waals surface area contributed by atoms with E-state index in [1.807, 2.05) is 0 Å². The standard InChI is InChI=1S/C51H30O/c1-2-11-31(12-3-1)33-23-26-39-42-19-10-18-40-35(27-28-47(50(40)42)52-48(39)30-33)34-24-25-38-36-15-4-6-20-43(36)51(46(38)29-34)44-21-7-5-16-37(44)41-17-8-13-32-14-9-22-45(51)49(32)41/h1-30H. The maximum atomic E-state index is 6.71. The number of hydrogen-bond acceptors (Lipinski definition) is 1. The van der Waals surface area contributed by atoms with Crippen molar-refractivity contribution in [1.29, 1.82) is 0 Å². The molecule has 1 heteroatoms. The van der Waals surface area contributed by atoms with Crippen LogP contribution in [0.15, 0.2) is 182 Å². The lowest BCUT2D eigenvalue weighted by Crippen LogP contribution is -2.31. The number of benzene rings is 9. The molecule has 0 bridgehead atoms. The predicted octanol–water partition coefficient (Wildman–Crippen LogP) is 13.4. The van der Waals surface area contributed by atoms with Crippen molar-refractivity contribution in [3.8, 4) is 67.1 Å². The zero-order valence-electron chi connectivity index (χ0n) is 28.2. The van der Waals surface area contributed by atoms with E-state index in [-0.39, 0.29) is 0 Å². The highest BCUT2D eigenvalue weighted by atomic mass is 16.5. The first kappa shape index (κ1) is 28.0. The fourth-order valence-electron chi connectivity index (χ4n) is 9.79. The smallest absolute Gasteiger partial charge is 0.135 e. The van der Waals surface area contributed by atoms with Gasteiger partial charge in [0.1, 0.15) is 11.5 Å². The second kappa shape index (κ2) is 10.2. The molecule has 2 aliphatic carbocycles. The molecule has 52 heavy (non-hydrogen) atoms. The first-order valence-electron chi connectivity index (χ1n) is 18.1. The van der Waals surface area contributed by atoms with Crippen LogP contribution in [0.4, 0.5) is 0 Å². The molecule has 12 rings (SSSR count). The fraction of sp³-hybridized carbons (Fsp3) is 0.0196. The highest BCUT2D eigenvalue weighted by molar-refractivity contribution is 6.11. The zero-order chi connectivity index (χ0) is 34.0. The number of rotatable bonds is 2. The lowest BCUT2D eigenvalue weighted by Gasteiger charge is -2.40. The molecule has 1 nitrogen and oxygen atoms in total. The summed E-state index contributed by atoms with van der Waals surface area (Å²) in [5, 5.41) is 5.00. The summed E-state index contributed by atoms with van der Waals surface area (Å²) >= 11 is 0. The molecule has 0 radical (unpaired) electrons. The van der Waals surface area contributed by atoms with Crippen molar-refractivity contribution in [1.82, 2.24) is 0 Å². The van der Waals surface area contributed by atoms with Crippen molar-refractivity contribution in [2.45, 2.75) is 5.41 Å². The number of hydrogen-bond donors (Lipinski definition) is 0. The molecular formula is C51H30O. The van der Waals surface area contributed by atoms with Crippen LogP contribution in [0, 0.1) is 0 Å². The van der Waals surface area contributed by atoms with Crippen LogP contribution < -0.4 is 4.74 Å². The Kier molecular flexibility index (Phi) is 5.49. The predicted molar refractivity (Wildman–Crippen MR) is 214 cm³/mol. The second-order valence-electron chi connectivity index (χ2n) is 14.3. The highest BCUT2D eigenvalue weighted by Gasteiger charge is 2.50. The van der Waals surface area contributed by atoms with Crippen LogP contribution in [-0.4, -0.2) is 0 Å². The van der Waals surface area contributed by atoms with Gasteiger partial charge in [0.15, 0.2) is 0 Å². The van der Waals surface area contributed by atoms with Crippen molar-refractivity contribution >= 4 is 21.5 Å². The third-order valence-corrected chi connectivity index (χ3v) is 11.9. The molecule has 0 saturated carbocycles. The van der Waals surface area contributed by atoms with Crippen LogP contribution in [0.5, 0.6) is 11.5 Å². The van der Waals surface area contributed by atoms with E-state index in [0.29, 0.717) is 0 Å². The van der Waals surface area contributed by atoms with Gasteiger partial charge in [-0.1, -0.05) is 158 Å². The molecule has 0 amide bonds. The van der Waals surface area contributed by atoms with Gasteiger partial charge in [0.05, 0.1) is 5.41 Å². The first-order valence-corrected chi connectivity index (χ1v) is 18.1. The molecule has 240 valence electrons. The second-order valence-corrected chi connectivity index (χ2v) is 14.3. The normalized spacial score (nSPS) is 15.5. The maximum absolute atomic E-state index is 6.71. The van der Waals surface area contributed by atoms with Gasteiger partial charge in [0, 0.05) is 10.9 Å². The third kappa shape index (κ3) is 3.52. The summed E-state index contributed by atoms with van der Waals surface area (Å²) in [5.41, 5.74) is 17.3. The van der Waals surface area contributed by atoms with Gasteiger partial charge in [0.25, 0.3) is 0 Å². The molecule has 9 aromatic carbocycles. The van der Waals surface area contributed by atoms with Crippen LogP contribution in [0.3, 0.4) is 0 Å². The quantitative estimate of drug-likeness (QED) is 0.180. The lowest BCUT2D eigenvalue weighted by molar-refractivity contribution is 0.487. The van der Waals surface area contributed by atoms with Gasteiger partial charge in [0.2, 0.25) is 0 Å². The van der Waals surface area contributed by atoms with Gasteiger partial charge in [-0.25, -0.2) is 0 Å². The summed E-state index contributed by atoms with van der Waals surface area (Å²) in [6.45, 7) is 0. The maximum Gasteiger partial charge on any atom is 0.135 e. The Morgan fingerprint density at radius 1 is 0.308 bits per heavy atom. The Labute approximate surface area is 302 Å². The Morgan fingerprint density at radius 3 is 1.73 bits per heavy atom. The minimum absolute atomic E-state index is 0.447. The van der Waals surface area contributed by atoms with Gasteiger partial charge >= 0.3 is 0 Å². The molecule has 0 saturated heterocycles. The van der Waals surface area contributed by atoms with E-state index in [0.717, 1.165) is 22.6 Å². The Balaban J connectivity index is 1.10. The summed E-state index contributed by atoms with van der Waals surface area (Å²) in [5.74, 6) is 1.80. The van der Waals surface area contributed by atoms with E-state index in [4.69, 9.17) is 4.74 Å². The average Bonchev–Trinajstić information content (AvgIpc) is 3.50. The topological polar surface area (TPSA) is 9.23 Å². The van der Waals surface area contributed by atoms with Crippen LogP contribution in [0.25, 0.3) is 77.2 Å². The molecule has 0 N–H and O–H groups in total. The van der Waals surface area contributed by atoms with Gasteiger partial charge in [-0.3, -0.25) is 0 Å². The molecule has 1 unspecified atom stereocenters. The number of fused-ring (bicyclic) bond motifs is 11. The van der Waals surface area contributed by atoms with Crippen LogP contribution in [-0.2, 0) is 5.41 Å². The molecule has 1 atom stereocenters. The molecular weight excluding hydrogens is 629 g/mol. The SMILES string of the molecule is c1ccc(-c2ccc3c(c2)Oc2ccc(-c4ccc5c(c4)C4(c6ccccc6-5)c5ccccc5-c5cccc6cccc4c56)c4cccc-3c24)cc1. The monoisotopic (exact) mass is 658 g/mol. The molecule has 1 heterocycles. The minimum Gasteiger partial charge on any atom is -0.456 e. The van der Waals surface area contributed by atoms with Gasteiger partial charge in [-0.05, 0) is 113 Å². The third-order valence-electron chi connectivity index (χ3n) is 11.9. The van der Waals surface area contributed by atoms with E-state index in [9.17, 15) is 0 Å². The molecule has 0 fully saturated rings. The molecule has 1 spiro atoms. The summed E-state index contributed by atoms with van der Waals surface area (Å²) in [6.07, 6.45) is 0. The van der Waals surface area contributed by atoms with Crippen molar-refractivity contribution in [3.63, 3.8) is 0 Å². The Morgan fingerprint density at radius 2 is 0.904 bits per heavy atom. The van der Waals surface area contributed by atoms with E-state index in [2.05, 4.69) is 182 Å². The largest absolute Gasteiger partial charge is 0.456 e. The summed E-state index contributed by atoms with van der Waals surface area (Å²) in [7, 11) is 0. The highest BCUT2D eigenvalue weighted by Crippen LogP contribution is 2.62. The summed E-state index contributed by atoms with van der Waals surface area (Å²) in [6, 6.07) is 67.2. The Hall–Kier alpha value is -6.70. The average molecular weight is 659 g/mol. The van der Waals surface area contributed by atoms with Crippen molar-refractivity contribution in [2.24, 2.45) is 0 Å². The van der Waals surface area contributed by atoms with Gasteiger partial charge in [-0.15, -0.1) is 0 Å². The zero-order valence-corrected chi connectivity index (χ0v) is 28.2. The fourth-order valence-corrected chi connectivity index (χ4v) is 9.79. The van der Waals surface area contributed by atoms with Crippen molar-refractivity contribution < 1.29 is 4.74 Å². The minimum atomic E-state index is -0.447. The molecule has 0 aromatic heterocycles. The van der Waals surface area contributed by atoms with E-state index in [1.165, 1.54) is 88.3 Å². The molecule has 1 aliphatic heterocycles. The van der Waals surface area contributed by atoms with Crippen molar-refractivity contribution in [2.75, 3.05) is 0 Å². The van der Waals surface area contributed by atoms with E-state index in [1.54, 1.807) is 0 Å². The van der Waals surface area contributed by atoms with Crippen LogP contribution in [0.1, 0.15) is 22.3 Å². The van der Waals surface area contributed by atoms with Crippen LogP contribution in [0.2, 0.25) is 0 Å². The summed E-state index contributed by atoms with van der Waals surface area (Å²) in [4.78, 5) is 0. The Bertz CT molecular complexity index is 2980. The van der Waals surface area contributed by atoms with Gasteiger partial charge < -0.3 is 4.74 Å². The van der Waals surface area contributed by atoms with E-state index < -0.39 is 5.41 Å². The first-order chi connectivity index (χ1) is 25.8. The van der Waals surface area contributed by atoms with Crippen molar-refractivity contribution in [3.05, 3.63) is 204 Å². The van der Waals surface area contributed by atoms with E-state index >= 15 is 0 Å². The number of ether oxygens (including phenoxy) is 1. The van der Waals surface area contributed by atoms with Gasteiger partial charge in [-0.2, -0.15) is 0 Å².